The van der Waals surface area contributed by atoms with Crippen LogP contribution in [0.4, 0.5) is 0 Å². The van der Waals surface area contributed by atoms with Gasteiger partial charge in [0.15, 0.2) is 0 Å². The molecule has 1 N–H and O–H groups in total. The fraction of sp³-hybridized carbons (Fsp3) is 0.444. The molecule has 0 amide bonds. The molecule has 0 aliphatic heterocycles. The molecule has 2 aromatic rings. The minimum atomic E-state index is 0.338. The van der Waals surface area contributed by atoms with E-state index in [1.165, 1.54) is 16.7 Å². The summed E-state index contributed by atoms with van der Waals surface area (Å²) in [4.78, 5) is 0. The fourth-order valence-electron chi connectivity index (χ4n) is 2.76. The molecule has 0 aliphatic carbocycles. The lowest BCUT2D eigenvalue weighted by Gasteiger charge is -2.21. The van der Waals surface area contributed by atoms with Gasteiger partial charge < -0.3 is 14.5 Å². The average Bonchev–Trinajstić information content (AvgIpc) is 2.99. The van der Waals surface area contributed by atoms with Gasteiger partial charge in [0.25, 0.3) is 0 Å². The molecule has 21 heavy (non-hydrogen) atoms. The molecule has 1 atom stereocenters. The van der Waals surface area contributed by atoms with E-state index in [9.17, 15) is 0 Å². The normalized spacial score (nSPS) is 12.4. The van der Waals surface area contributed by atoms with Gasteiger partial charge in [0.1, 0.15) is 11.5 Å². The number of hydrogen-bond acceptors (Lipinski definition) is 3. The molecule has 1 aromatic carbocycles. The van der Waals surface area contributed by atoms with Crippen molar-refractivity contribution in [3.8, 4) is 5.75 Å². The smallest absolute Gasteiger partial charge is 0.122 e. The summed E-state index contributed by atoms with van der Waals surface area (Å²) in [5, 5.41) is 3.58. The first-order chi connectivity index (χ1) is 10.2. The van der Waals surface area contributed by atoms with Gasteiger partial charge in [-0.2, -0.15) is 0 Å². The second-order valence-electron chi connectivity index (χ2n) is 5.41. The van der Waals surface area contributed by atoms with Crippen molar-refractivity contribution >= 4 is 0 Å². The minimum absolute atomic E-state index is 0.338. The summed E-state index contributed by atoms with van der Waals surface area (Å²) >= 11 is 0. The van der Waals surface area contributed by atoms with Crippen molar-refractivity contribution < 1.29 is 9.15 Å². The molecule has 0 saturated heterocycles. The Kier molecular flexibility index (Phi) is 5.45. The minimum Gasteiger partial charge on any atom is -0.496 e. The third-order valence-electron chi connectivity index (χ3n) is 3.87. The van der Waals surface area contributed by atoms with E-state index in [1.54, 1.807) is 13.4 Å². The van der Waals surface area contributed by atoms with Gasteiger partial charge in [-0.25, -0.2) is 0 Å². The highest BCUT2D eigenvalue weighted by Crippen LogP contribution is 2.29. The Labute approximate surface area is 127 Å². The maximum Gasteiger partial charge on any atom is 0.122 e. The van der Waals surface area contributed by atoms with Crippen molar-refractivity contribution in [2.75, 3.05) is 13.7 Å². The third-order valence-corrected chi connectivity index (χ3v) is 3.87. The second-order valence-corrected chi connectivity index (χ2v) is 5.41. The summed E-state index contributed by atoms with van der Waals surface area (Å²) in [5.74, 6) is 2.00. The van der Waals surface area contributed by atoms with Crippen LogP contribution in [0.1, 0.15) is 41.8 Å². The Bertz CT molecular complexity index is 561. The van der Waals surface area contributed by atoms with Crippen molar-refractivity contribution in [3.05, 3.63) is 53.0 Å². The van der Waals surface area contributed by atoms with Crippen LogP contribution in [-0.4, -0.2) is 13.7 Å². The lowest BCUT2D eigenvalue weighted by atomic mass is 9.94. The molecule has 1 unspecified atom stereocenters. The quantitative estimate of drug-likeness (QED) is 0.829. The number of methoxy groups -OCH3 is 1. The summed E-state index contributed by atoms with van der Waals surface area (Å²) in [6.45, 7) is 7.34. The summed E-state index contributed by atoms with van der Waals surface area (Å²) in [5.41, 5.74) is 3.79. The van der Waals surface area contributed by atoms with Gasteiger partial charge in [0.2, 0.25) is 0 Å². The van der Waals surface area contributed by atoms with E-state index in [2.05, 4.69) is 38.2 Å². The van der Waals surface area contributed by atoms with Gasteiger partial charge in [-0.1, -0.05) is 13.0 Å². The molecule has 1 heterocycles. The van der Waals surface area contributed by atoms with Crippen LogP contribution in [0.5, 0.6) is 5.75 Å². The standard InChI is InChI=1S/C18H25NO2/c1-5-19-17(9-8-15-7-6-10-21-15)16-11-14(3)18(20-4)12-13(16)2/h6-7,10-12,17,19H,5,8-9H2,1-4H3. The molecule has 0 fully saturated rings. The predicted molar refractivity (Wildman–Crippen MR) is 85.9 cm³/mol. The maximum atomic E-state index is 5.44. The molecule has 1 aromatic heterocycles. The first-order valence-corrected chi connectivity index (χ1v) is 7.56. The van der Waals surface area contributed by atoms with Crippen LogP contribution in [-0.2, 0) is 6.42 Å². The molecule has 0 radical (unpaired) electrons. The van der Waals surface area contributed by atoms with Crippen molar-refractivity contribution in [1.29, 1.82) is 0 Å². The number of hydrogen-bond donors (Lipinski definition) is 1. The Balaban J connectivity index is 2.19. The van der Waals surface area contributed by atoms with Gasteiger partial charge in [-0.15, -0.1) is 0 Å². The lowest BCUT2D eigenvalue weighted by molar-refractivity contribution is 0.410. The van der Waals surface area contributed by atoms with Gasteiger partial charge >= 0.3 is 0 Å². The van der Waals surface area contributed by atoms with E-state index in [4.69, 9.17) is 9.15 Å². The monoisotopic (exact) mass is 287 g/mol. The van der Waals surface area contributed by atoms with Crippen molar-refractivity contribution in [2.24, 2.45) is 0 Å². The van der Waals surface area contributed by atoms with Crippen LogP contribution in [0.3, 0.4) is 0 Å². The Morgan fingerprint density at radius 2 is 2.05 bits per heavy atom. The second kappa shape index (κ2) is 7.32. The van der Waals surface area contributed by atoms with E-state index in [1.807, 2.05) is 12.1 Å². The topological polar surface area (TPSA) is 34.4 Å². The molecule has 3 nitrogen and oxygen atoms in total. The molecule has 0 saturated carbocycles. The SMILES string of the molecule is CCNC(CCc1ccco1)c1cc(C)c(OC)cc1C. The van der Waals surface area contributed by atoms with Crippen molar-refractivity contribution in [3.63, 3.8) is 0 Å². The number of rotatable bonds is 7. The van der Waals surface area contributed by atoms with E-state index in [-0.39, 0.29) is 0 Å². The zero-order valence-corrected chi connectivity index (χ0v) is 13.4. The van der Waals surface area contributed by atoms with Crippen molar-refractivity contribution in [1.82, 2.24) is 5.32 Å². The van der Waals surface area contributed by atoms with Gasteiger partial charge in [-0.3, -0.25) is 0 Å². The van der Waals surface area contributed by atoms with E-state index in [0.717, 1.165) is 30.9 Å². The number of nitrogens with one attached hydrogen (secondary N) is 1. The Morgan fingerprint density at radius 3 is 2.67 bits per heavy atom. The predicted octanol–water partition coefficient (Wildman–Crippen LogP) is 4.19. The first kappa shape index (κ1) is 15.6. The molecular weight excluding hydrogens is 262 g/mol. The molecule has 0 aliphatic rings. The Hall–Kier alpha value is -1.74. The van der Waals surface area contributed by atoms with Crippen LogP contribution in [0.25, 0.3) is 0 Å². The fourth-order valence-corrected chi connectivity index (χ4v) is 2.76. The number of furan rings is 1. The molecule has 0 bridgehead atoms. The van der Waals surface area contributed by atoms with Crippen molar-refractivity contribution in [2.45, 2.75) is 39.7 Å². The maximum absolute atomic E-state index is 5.44. The van der Waals surface area contributed by atoms with Crippen LogP contribution in [0, 0.1) is 13.8 Å². The van der Waals surface area contributed by atoms with Crippen LogP contribution in [0.2, 0.25) is 0 Å². The molecular formula is C18H25NO2. The van der Waals surface area contributed by atoms with Gasteiger partial charge in [0.05, 0.1) is 13.4 Å². The zero-order chi connectivity index (χ0) is 15.2. The largest absolute Gasteiger partial charge is 0.496 e. The highest BCUT2D eigenvalue weighted by Gasteiger charge is 2.15. The first-order valence-electron chi connectivity index (χ1n) is 7.56. The van der Waals surface area contributed by atoms with E-state index >= 15 is 0 Å². The molecule has 3 heteroatoms. The average molecular weight is 287 g/mol. The van der Waals surface area contributed by atoms with Gasteiger partial charge in [-0.05, 0) is 61.7 Å². The van der Waals surface area contributed by atoms with Crippen LogP contribution < -0.4 is 10.1 Å². The molecule has 0 spiro atoms. The highest BCUT2D eigenvalue weighted by molar-refractivity contribution is 5.42. The van der Waals surface area contributed by atoms with Crippen LogP contribution >= 0.6 is 0 Å². The third kappa shape index (κ3) is 3.88. The summed E-state index contributed by atoms with van der Waals surface area (Å²) in [7, 11) is 1.72. The number of benzene rings is 1. The summed E-state index contributed by atoms with van der Waals surface area (Å²) in [6, 6.07) is 8.69. The lowest BCUT2D eigenvalue weighted by Crippen LogP contribution is -2.22. The number of ether oxygens (including phenoxy) is 1. The molecule has 114 valence electrons. The number of aryl methyl sites for hydroxylation is 3. The Morgan fingerprint density at radius 1 is 1.24 bits per heavy atom. The van der Waals surface area contributed by atoms with E-state index in [0.29, 0.717) is 6.04 Å². The van der Waals surface area contributed by atoms with Crippen LogP contribution in [0.15, 0.2) is 34.9 Å². The summed E-state index contributed by atoms with van der Waals surface area (Å²) in [6.07, 6.45) is 3.70. The zero-order valence-electron chi connectivity index (χ0n) is 13.4. The molecule has 2 rings (SSSR count). The van der Waals surface area contributed by atoms with E-state index < -0.39 is 0 Å². The highest BCUT2D eigenvalue weighted by atomic mass is 16.5. The summed E-state index contributed by atoms with van der Waals surface area (Å²) < 4.78 is 10.8. The van der Waals surface area contributed by atoms with Gasteiger partial charge in [0, 0.05) is 12.5 Å².